The number of nitrogens with zero attached hydrogens (tertiary/aromatic N) is 3. The van der Waals surface area contributed by atoms with Crippen molar-refractivity contribution in [3.8, 4) is 0 Å². The molecular formula is C25H29N5O. The minimum absolute atomic E-state index is 0.0103. The van der Waals surface area contributed by atoms with E-state index in [0.717, 1.165) is 53.9 Å². The number of hydrogen-bond acceptors (Lipinski definition) is 5. The van der Waals surface area contributed by atoms with Crippen LogP contribution in [0.1, 0.15) is 43.4 Å². The summed E-state index contributed by atoms with van der Waals surface area (Å²) in [6, 6.07) is 19.6. The van der Waals surface area contributed by atoms with Gasteiger partial charge in [-0.05, 0) is 56.0 Å². The number of amides is 1. The molecule has 0 saturated carbocycles. The molecule has 4 rings (SSSR count). The third-order valence-corrected chi connectivity index (χ3v) is 5.58. The molecule has 2 N–H and O–H groups in total. The number of carbonyl (C=O) groups excluding carboxylic acids is 1. The summed E-state index contributed by atoms with van der Waals surface area (Å²) in [4.78, 5) is 24.3. The highest BCUT2D eigenvalue weighted by Gasteiger charge is 2.19. The van der Waals surface area contributed by atoms with Crippen molar-refractivity contribution in [2.45, 2.75) is 39.0 Å². The van der Waals surface area contributed by atoms with Crippen molar-refractivity contribution in [3.05, 3.63) is 71.9 Å². The molecule has 31 heavy (non-hydrogen) atoms. The fourth-order valence-electron chi connectivity index (χ4n) is 3.95. The standard InChI is InChI=1S/C25H29N5O/c1-3-22(19-9-5-4-6-10-19)24(31)28-21-13-11-20(12-14-21)27-23-17-18(2)26-25(29-23)30-15-7-8-16-30/h4-6,9-14,17,22H,3,7-8,15-16H2,1-2H3,(H,28,31)(H,26,27,29). The van der Waals surface area contributed by atoms with E-state index in [9.17, 15) is 4.79 Å². The van der Waals surface area contributed by atoms with Gasteiger partial charge in [-0.25, -0.2) is 4.98 Å². The number of aryl methyl sites for hydroxylation is 1. The van der Waals surface area contributed by atoms with Crippen molar-refractivity contribution in [3.63, 3.8) is 0 Å². The Kier molecular flexibility index (Phi) is 6.46. The van der Waals surface area contributed by atoms with Crippen molar-refractivity contribution in [1.82, 2.24) is 9.97 Å². The first-order valence-corrected chi connectivity index (χ1v) is 11.0. The Morgan fingerprint density at radius 3 is 2.35 bits per heavy atom. The third-order valence-electron chi connectivity index (χ3n) is 5.58. The zero-order valence-corrected chi connectivity index (χ0v) is 18.1. The third kappa shape index (κ3) is 5.20. The second-order valence-corrected chi connectivity index (χ2v) is 7.95. The molecule has 1 atom stereocenters. The molecule has 1 unspecified atom stereocenters. The first-order valence-electron chi connectivity index (χ1n) is 11.0. The van der Waals surface area contributed by atoms with E-state index in [0.29, 0.717) is 0 Å². The zero-order chi connectivity index (χ0) is 21.6. The highest BCUT2D eigenvalue weighted by Crippen LogP contribution is 2.24. The van der Waals surface area contributed by atoms with Gasteiger partial charge in [-0.15, -0.1) is 0 Å². The fourth-order valence-corrected chi connectivity index (χ4v) is 3.95. The fraction of sp³-hybridized carbons (Fsp3) is 0.320. The van der Waals surface area contributed by atoms with Gasteiger partial charge in [0.15, 0.2) is 0 Å². The summed E-state index contributed by atoms with van der Waals surface area (Å²) in [5, 5.41) is 6.40. The van der Waals surface area contributed by atoms with Gasteiger partial charge in [0.2, 0.25) is 11.9 Å². The lowest BCUT2D eigenvalue weighted by atomic mass is 9.95. The summed E-state index contributed by atoms with van der Waals surface area (Å²) in [6.45, 7) is 6.05. The molecule has 1 fully saturated rings. The monoisotopic (exact) mass is 415 g/mol. The van der Waals surface area contributed by atoms with E-state index >= 15 is 0 Å². The van der Waals surface area contributed by atoms with Crippen LogP contribution in [-0.4, -0.2) is 29.0 Å². The highest BCUT2D eigenvalue weighted by atomic mass is 16.1. The van der Waals surface area contributed by atoms with Gasteiger partial charge in [0.05, 0.1) is 5.92 Å². The van der Waals surface area contributed by atoms with Crippen molar-refractivity contribution >= 4 is 29.0 Å². The average molecular weight is 416 g/mol. The second-order valence-electron chi connectivity index (χ2n) is 7.95. The predicted molar refractivity (Wildman–Crippen MR) is 126 cm³/mol. The molecule has 2 aromatic carbocycles. The molecule has 0 aliphatic carbocycles. The number of carbonyl (C=O) groups is 1. The molecule has 6 heteroatoms. The van der Waals surface area contributed by atoms with Crippen LogP contribution in [0.15, 0.2) is 60.7 Å². The van der Waals surface area contributed by atoms with Crippen molar-refractivity contribution in [1.29, 1.82) is 0 Å². The molecule has 0 radical (unpaired) electrons. The molecule has 6 nitrogen and oxygen atoms in total. The number of nitrogens with one attached hydrogen (secondary N) is 2. The molecule has 1 aromatic heterocycles. The van der Waals surface area contributed by atoms with E-state index in [1.54, 1.807) is 0 Å². The lowest BCUT2D eigenvalue weighted by molar-refractivity contribution is -0.117. The topological polar surface area (TPSA) is 70.2 Å². The summed E-state index contributed by atoms with van der Waals surface area (Å²) < 4.78 is 0. The molecule has 1 aliphatic rings. The Bertz CT molecular complexity index is 1010. The lowest BCUT2D eigenvalue weighted by Gasteiger charge is -2.17. The van der Waals surface area contributed by atoms with Crippen LogP contribution in [0.3, 0.4) is 0 Å². The Balaban J connectivity index is 1.42. The molecular weight excluding hydrogens is 386 g/mol. The summed E-state index contributed by atoms with van der Waals surface area (Å²) in [5.41, 5.74) is 3.67. The molecule has 1 saturated heterocycles. The van der Waals surface area contributed by atoms with Gasteiger partial charge in [-0.2, -0.15) is 4.98 Å². The molecule has 160 valence electrons. The van der Waals surface area contributed by atoms with Gasteiger partial charge in [-0.1, -0.05) is 37.3 Å². The predicted octanol–water partition coefficient (Wildman–Crippen LogP) is 5.26. The minimum Gasteiger partial charge on any atom is -0.341 e. The van der Waals surface area contributed by atoms with Crippen LogP contribution in [0.5, 0.6) is 0 Å². The maximum atomic E-state index is 12.8. The van der Waals surface area contributed by atoms with Crippen LogP contribution >= 0.6 is 0 Å². The van der Waals surface area contributed by atoms with Crippen molar-refractivity contribution in [2.75, 3.05) is 28.6 Å². The number of anilines is 4. The van der Waals surface area contributed by atoms with Crippen molar-refractivity contribution in [2.24, 2.45) is 0 Å². The number of aromatic nitrogens is 2. The second kappa shape index (κ2) is 9.60. The maximum Gasteiger partial charge on any atom is 0.231 e. The summed E-state index contributed by atoms with van der Waals surface area (Å²) in [6.07, 6.45) is 3.13. The number of rotatable bonds is 7. The van der Waals surface area contributed by atoms with E-state index in [1.807, 2.05) is 74.5 Å². The van der Waals surface area contributed by atoms with Crippen LogP contribution < -0.4 is 15.5 Å². The quantitative estimate of drug-likeness (QED) is 0.551. The number of hydrogen-bond donors (Lipinski definition) is 2. The normalized spacial score (nSPS) is 14.3. The smallest absolute Gasteiger partial charge is 0.231 e. The Morgan fingerprint density at radius 1 is 1.00 bits per heavy atom. The Morgan fingerprint density at radius 2 is 1.68 bits per heavy atom. The van der Waals surface area contributed by atoms with Gasteiger partial charge < -0.3 is 15.5 Å². The highest BCUT2D eigenvalue weighted by molar-refractivity contribution is 5.96. The molecule has 1 aliphatic heterocycles. The van der Waals surface area contributed by atoms with Crippen LogP contribution in [0.25, 0.3) is 0 Å². The Hall–Kier alpha value is -3.41. The average Bonchev–Trinajstić information content (AvgIpc) is 3.31. The van der Waals surface area contributed by atoms with Gasteiger partial charge >= 0.3 is 0 Å². The molecule has 0 bridgehead atoms. The maximum absolute atomic E-state index is 12.8. The first kappa shape index (κ1) is 20.8. The minimum atomic E-state index is -0.160. The SMILES string of the molecule is CCC(C(=O)Nc1ccc(Nc2cc(C)nc(N3CCCC3)n2)cc1)c1ccccc1. The first-order chi connectivity index (χ1) is 15.1. The van der Waals surface area contributed by atoms with Crippen molar-refractivity contribution < 1.29 is 4.79 Å². The molecule has 3 aromatic rings. The number of benzene rings is 2. The van der Waals surface area contributed by atoms with E-state index in [2.05, 4.69) is 25.5 Å². The van der Waals surface area contributed by atoms with Crippen LogP contribution in [0.2, 0.25) is 0 Å². The van der Waals surface area contributed by atoms with Crippen LogP contribution in [0.4, 0.5) is 23.1 Å². The van der Waals surface area contributed by atoms with E-state index in [1.165, 1.54) is 12.8 Å². The van der Waals surface area contributed by atoms with Gasteiger partial charge in [0, 0.05) is 36.2 Å². The lowest BCUT2D eigenvalue weighted by Crippen LogP contribution is -2.21. The van der Waals surface area contributed by atoms with E-state index in [-0.39, 0.29) is 11.8 Å². The summed E-state index contributed by atoms with van der Waals surface area (Å²) >= 11 is 0. The summed E-state index contributed by atoms with van der Waals surface area (Å²) in [5.74, 6) is 1.42. The van der Waals surface area contributed by atoms with E-state index < -0.39 is 0 Å². The van der Waals surface area contributed by atoms with Gasteiger partial charge in [0.25, 0.3) is 0 Å². The summed E-state index contributed by atoms with van der Waals surface area (Å²) in [7, 11) is 0. The Labute approximate surface area is 183 Å². The molecule has 0 spiro atoms. The van der Waals surface area contributed by atoms with Crippen LogP contribution in [0, 0.1) is 6.92 Å². The van der Waals surface area contributed by atoms with E-state index in [4.69, 9.17) is 0 Å². The largest absolute Gasteiger partial charge is 0.341 e. The van der Waals surface area contributed by atoms with Gasteiger partial charge in [-0.3, -0.25) is 4.79 Å². The molecule has 1 amide bonds. The van der Waals surface area contributed by atoms with Crippen LogP contribution in [-0.2, 0) is 4.79 Å². The van der Waals surface area contributed by atoms with Gasteiger partial charge in [0.1, 0.15) is 5.82 Å². The molecule has 2 heterocycles. The zero-order valence-electron chi connectivity index (χ0n) is 18.1.